The number of aryl methyl sites for hydroxylation is 2. The van der Waals surface area contributed by atoms with Crippen molar-refractivity contribution in [2.24, 2.45) is 16.6 Å². The van der Waals surface area contributed by atoms with Crippen LogP contribution in [0.25, 0.3) is 0 Å². The number of nitrogens with zero attached hydrogens (tertiary/aromatic N) is 2. The summed E-state index contributed by atoms with van der Waals surface area (Å²) in [4.78, 5) is 8.66. The molecule has 1 aromatic rings. The molecule has 0 fully saturated rings. The van der Waals surface area contributed by atoms with Crippen LogP contribution in [0.3, 0.4) is 0 Å². The number of guanidine groups is 1. The van der Waals surface area contributed by atoms with Gasteiger partial charge in [-0.3, -0.25) is 4.99 Å². The van der Waals surface area contributed by atoms with Crippen LogP contribution in [0.1, 0.15) is 31.0 Å². The van der Waals surface area contributed by atoms with Gasteiger partial charge in [0.05, 0.1) is 5.01 Å². The van der Waals surface area contributed by atoms with Gasteiger partial charge in [0.25, 0.3) is 0 Å². The summed E-state index contributed by atoms with van der Waals surface area (Å²) < 4.78 is 0. The minimum Gasteiger partial charge on any atom is -0.370 e. The molecule has 0 bridgehead atoms. The molecule has 0 atom stereocenters. The van der Waals surface area contributed by atoms with Gasteiger partial charge in [0.15, 0.2) is 5.96 Å². The zero-order valence-electron chi connectivity index (χ0n) is 10.9. The van der Waals surface area contributed by atoms with Gasteiger partial charge < -0.3 is 11.1 Å². The molecule has 0 amide bonds. The Kier molecular flexibility index (Phi) is 5.97. The number of nitrogens with two attached hydrogens (primary N) is 1. The molecule has 0 aromatic carbocycles. The van der Waals surface area contributed by atoms with Gasteiger partial charge in [0.1, 0.15) is 0 Å². The average Bonchev–Trinajstić information content (AvgIpc) is 2.68. The van der Waals surface area contributed by atoms with Crippen molar-refractivity contribution >= 4 is 17.3 Å². The number of rotatable bonds is 6. The quantitative estimate of drug-likeness (QED) is 0.463. The van der Waals surface area contributed by atoms with E-state index in [1.54, 1.807) is 11.3 Å². The van der Waals surface area contributed by atoms with Gasteiger partial charge in [-0.1, -0.05) is 13.8 Å². The Morgan fingerprint density at radius 2 is 2.35 bits per heavy atom. The molecule has 0 saturated carbocycles. The lowest BCUT2D eigenvalue weighted by molar-refractivity contribution is 0.659. The number of thiazole rings is 1. The van der Waals surface area contributed by atoms with Crippen molar-refractivity contribution < 1.29 is 0 Å². The predicted molar refractivity (Wildman–Crippen MR) is 74.5 cm³/mol. The van der Waals surface area contributed by atoms with Crippen LogP contribution in [0.4, 0.5) is 0 Å². The fourth-order valence-electron chi connectivity index (χ4n) is 1.31. The number of aliphatic imine (C=N–C) groups is 1. The normalized spacial score (nSPS) is 12.1. The second-order valence-electron chi connectivity index (χ2n) is 4.53. The van der Waals surface area contributed by atoms with Crippen LogP contribution in [0.2, 0.25) is 0 Å². The molecule has 96 valence electrons. The third-order valence-corrected chi connectivity index (χ3v) is 3.19. The summed E-state index contributed by atoms with van der Waals surface area (Å²) in [7, 11) is 0. The molecule has 0 radical (unpaired) electrons. The number of hydrogen-bond acceptors (Lipinski definition) is 3. The highest BCUT2D eigenvalue weighted by Gasteiger charge is 1.99. The molecule has 0 spiro atoms. The lowest BCUT2D eigenvalue weighted by Gasteiger charge is -2.05. The van der Waals surface area contributed by atoms with Crippen LogP contribution in [-0.2, 0) is 6.42 Å². The average molecular weight is 254 g/mol. The van der Waals surface area contributed by atoms with E-state index in [0.717, 1.165) is 31.6 Å². The Hall–Kier alpha value is -1.10. The Labute approximate surface area is 107 Å². The predicted octanol–water partition coefficient (Wildman–Crippen LogP) is 1.94. The summed E-state index contributed by atoms with van der Waals surface area (Å²) in [6, 6.07) is 0. The van der Waals surface area contributed by atoms with Crippen LogP contribution in [0.5, 0.6) is 0 Å². The number of nitrogens with one attached hydrogen (secondary N) is 1. The van der Waals surface area contributed by atoms with Gasteiger partial charge in [-0.2, -0.15) is 0 Å². The van der Waals surface area contributed by atoms with Crippen molar-refractivity contribution in [2.75, 3.05) is 13.1 Å². The van der Waals surface area contributed by atoms with E-state index in [1.807, 2.05) is 6.92 Å². The van der Waals surface area contributed by atoms with Gasteiger partial charge in [-0.25, -0.2) is 4.98 Å². The lowest BCUT2D eigenvalue weighted by Crippen LogP contribution is -2.33. The van der Waals surface area contributed by atoms with Crippen LogP contribution in [-0.4, -0.2) is 24.0 Å². The highest BCUT2D eigenvalue weighted by molar-refractivity contribution is 7.09. The molecule has 0 saturated heterocycles. The van der Waals surface area contributed by atoms with Crippen molar-refractivity contribution in [2.45, 2.75) is 33.6 Å². The maximum atomic E-state index is 5.73. The fraction of sp³-hybridized carbons (Fsp3) is 0.667. The van der Waals surface area contributed by atoms with E-state index < -0.39 is 0 Å². The zero-order valence-corrected chi connectivity index (χ0v) is 11.7. The molecule has 4 nitrogen and oxygen atoms in total. The van der Waals surface area contributed by atoms with E-state index in [0.29, 0.717) is 11.9 Å². The fourth-order valence-corrected chi connectivity index (χ4v) is 2.13. The third-order valence-electron chi connectivity index (χ3n) is 2.17. The molecule has 17 heavy (non-hydrogen) atoms. The first kappa shape index (κ1) is 14.0. The van der Waals surface area contributed by atoms with Crippen molar-refractivity contribution in [3.8, 4) is 0 Å². The summed E-state index contributed by atoms with van der Waals surface area (Å²) in [5.74, 6) is 1.10. The summed E-state index contributed by atoms with van der Waals surface area (Å²) in [5, 5.41) is 6.40. The molecule has 1 aromatic heterocycles. The van der Waals surface area contributed by atoms with E-state index in [9.17, 15) is 0 Å². The topological polar surface area (TPSA) is 63.3 Å². The third kappa shape index (κ3) is 6.26. The van der Waals surface area contributed by atoms with Gasteiger partial charge in [0, 0.05) is 30.6 Å². The van der Waals surface area contributed by atoms with Crippen LogP contribution >= 0.6 is 11.3 Å². The van der Waals surface area contributed by atoms with E-state index >= 15 is 0 Å². The minimum atomic E-state index is 0.550. The monoisotopic (exact) mass is 254 g/mol. The Morgan fingerprint density at radius 1 is 1.59 bits per heavy atom. The van der Waals surface area contributed by atoms with E-state index in [2.05, 4.69) is 34.5 Å². The second-order valence-corrected chi connectivity index (χ2v) is 5.48. The van der Waals surface area contributed by atoms with Gasteiger partial charge >= 0.3 is 0 Å². The first-order valence-corrected chi connectivity index (χ1v) is 6.90. The van der Waals surface area contributed by atoms with Crippen LogP contribution in [0.15, 0.2) is 10.4 Å². The van der Waals surface area contributed by atoms with E-state index in [1.165, 1.54) is 5.01 Å². The first-order chi connectivity index (χ1) is 8.08. The maximum Gasteiger partial charge on any atom is 0.188 e. The highest BCUT2D eigenvalue weighted by Crippen LogP contribution is 2.10. The standard InChI is InChI=1S/C12H22N4S/c1-9(2)7-15-12(13)14-6-4-5-11-16-10(3)8-17-11/h8-9H,4-7H2,1-3H3,(H3,13,14,15). The summed E-state index contributed by atoms with van der Waals surface area (Å²) in [6.45, 7) is 7.91. The lowest BCUT2D eigenvalue weighted by atomic mass is 10.2. The molecule has 0 aliphatic rings. The summed E-state index contributed by atoms with van der Waals surface area (Å²) in [5.41, 5.74) is 6.84. The molecule has 3 N–H and O–H groups in total. The van der Waals surface area contributed by atoms with E-state index in [4.69, 9.17) is 5.73 Å². The molecule has 5 heteroatoms. The molecular formula is C12H22N4S. The summed E-state index contributed by atoms with van der Waals surface area (Å²) >= 11 is 1.72. The Balaban J connectivity index is 2.13. The molecule has 0 aliphatic carbocycles. The minimum absolute atomic E-state index is 0.550. The molecule has 1 rings (SSSR count). The van der Waals surface area contributed by atoms with Crippen molar-refractivity contribution in [1.29, 1.82) is 0 Å². The van der Waals surface area contributed by atoms with Gasteiger partial charge in [-0.15, -0.1) is 11.3 Å². The second kappa shape index (κ2) is 7.27. The molecule has 1 heterocycles. The first-order valence-electron chi connectivity index (χ1n) is 6.02. The Morgan fingerprint density at radius 3 is 2.94 bits per heavy atom. The molecule has 0 aliphatic heterocycles. The molecular weight excluding hydrogens is 232 g/mol. The SMILES string of the molecule is Cc1csc(CCCNC(N)=NCC(C)C)n1. The van der Waals surface area contributed by atoms with Gasteiger partial charge in [-0.05, 0) is 19.3 Å². The number of hydrogen-bond donors (Lipinski definition) is 2. The Bertz CT molecular complexity index is 357. The molecule has 0 unspecified atom stereocenters. The van der Waals surface area contributed by atoms with Crippen LogP contribution in [0, 0.1) is 12.8 Å². The largest absolute Gasteiger partial charge is 0.370 e. The van der Waals surface area contributed by atoms with Crippen molar-refractivity contribution in [3.05, 3.63) is 16.1 Å². The van der Waals surface area contributed by atoms with Gasteiger partial charge in [0.2, 0.25) is 0 Å². The van der Waals surface area contributed by atoms with Crippen molar-refractivity contribution in [3.63, 3.8) is 0 Å². The summed E-state index contributed by atoms with van der Waals surface area (Å²) in [6.07, 6.45) is 2.04. The number of aromatic nitrogens is 1. The van der Waals surface area contributed by atoms with Crippen LogP contribution < -0.4 is 11.1 Å². The highest BCUT2D eigenvalue weighted by atomic mass is 32.1. The van der Waals surface area contributed by atoms with E-state index in [-0.39, 0.29) is 0 Å². The smallest absolute Gasteiger partial charge is 0.188 e. The zero-order chi connectivity index (χ0) is 12.7. The maximum absolute atomic E-state index is 5.73. The van der Waals surface area contributed by atoms with Crippen molar-refractivity contribution in [1.82, 2.24) is 10.3 Å².